The normalized spacial score (nSPS) is 19.2. The minimum absolute atomic E-state index is 0.317. The van der Waals surface area contributed by atoms with Crippen molar-refractivity contribution in [2.45, 2.75) is 32.4 Å². The molecular formula is C14H19NO3. The summed E-state index contributed by atoms with van der Waals surface area (Å²) < 4.78 is 5.18. The van der Waals surface area contributed by atoms with Crippen molar-refractivity contribution in [3.63, 3.8) is 0 Å². The largest absolute Gasteiger partial charge is 0.478 e. The molecule has 4 heteroatoms. The van der Waals surface area contributed by atoms with Gasteiger partial charge in [0.1, 0.15) is 0 Å². The monoisotopic (exact) mass is 249 g/mol. The highest BCUT2D eigenvalue weighted by Crippen LogP contribution is 2.29. The van der Waals surface area contributed by atoms with Crippen LogP contribution in [0.3, 0.4) is 0 Å². The molecule has 0 amide bonds. The Hall–Kier alpha value is -1.55. The third-order valence-electron chi connectivity index (χ3n) is 3.49. The van der Waals surface area contributed by atoms with Gasteiger partial charge in [0.25, 0.3) is 0 Å². The predicted octanol–water partition coefficient (Wildman–Crippen LogP) is 2.52. The number of carboxylic acids is 1. The zero-order valence-electron chi connectivity index (χ0n) is 10.8. The Morgan fingerprint density at radius 1 is 1.56 bits per heavy atom. The van der Waals surface area contributed by atoms with E-state index in [-0.39, 0.29) is 0 Å². The van der Waals surface area contributed by atoms with Gasteiger partial charge in [-0.15, -0.1) is 0 Å². The molecule has 0 aliphatic carbocycles. The lowest BCUT2D eigenvalue weighted by Crippen LogP contribution is -2.27. The summed E-state index contributed by atoms with van der Waals surface area (Å²) in [7, 11) is 1.63. The fourth-order valence-corrected chi connectivity index (χ4v) is 2.56. The average Bonchev–Trinajstić information content (AvgIpc) is 2.75. The summed E-state index contributed by atoms with van der Waals surface area (Å²) in [6.07, 6.45) is 2.38. The maximum absolute atomic E-state index is 11.0. The highest BCUT2D eigenvalue weighted by molar-refractivity contribution is 5.88. The number of carbonyl (C=O) groups is 1. The molecule has 1 aromatic carbocycles. The topological polar surface area (TPSA) is 49.8 Å². The summed E-state index contributed by atoms with van der Waals surface area (Å²) in [5.41, 5.74) is 2.37. The third kappa shape index (κ3) is 2.48. The molecule has 1 heterocycles. The first-order valence-electron chi connectivity index (χ1n) is 6.25. The second-order valence-corrected chi connectivity index (χ2v) is 4.77. The van der Waals surface area contributed by atoms with E-state index >= 15 is 0 Å². The molecule has 98 valence electrons. The molecule has 1 unspecified atom stereocenters. The van der Waals surface area contributed by atoms with E-state index < -0.39 is 5.97 Å². The van der Waals surface area contributed by atoms with Crippen LogP contribution >= 0.6 is 0 Å². The predicted molar refractivity (Wildman–Crippen MR) is 70.2 cm³/mol. The molecule has 1 aliphatic heterocycles. The SMILES string of the molecule is COCc1cc(C(=O)O)ccc1N1CCCC1C. The van der Waals surface area contributed by atoms with Crippen LogP contribution in [0.2, 0.25) is 0 Å². The maximum Gasteiger partial charge on any atom is 0.335 e. The van der Waals surface area contributed by atoms with Crippen LogP contribution in [-0.4, -0.2) is 30.8 Å². The van der Waals surface area contributed by atoms with Crippen molar-refractivity contribution < 1.29 is 14.6 Å². The number of anilines is 1. The van der Waals surface area contributed by atoms with Crippen LogP contribution in [0.25, 0.3) is 0 Å². The van der Waals surface area contributed by atoms with Gasteiger partial charge in [0.05, 0.1) is 12.2 Å². The van der Waals surface area contributed by atoms with E-state index in [0.717, 1.165) is 17.8 Å². The van der Waals surface area contributed by atoms with E-state index in [1.807, 2.05) is 6.07 Å². The van der Waals surface area contributed by atoms with Crippen molar-refractivity contribution in [2.75, 3.05) is 18.6 Å². The first-order chi connectivity index (χ1) is 8.63. The van der Waals surface area contributed by atoms with E-state index in [4.69, 9.17) is 9.84 Å². The molecule has 1 aromatic rings. The molecule has 0 spiro atoms. The van der Waals surface area contributed by atoms with Gasteiger partial charge in [0, 0.05) is 30.9 Å². The molecule has 0 aromatic heterocycles. The standard InChI is InChI=1S/C14H19NO3/c1-10-4-3-7-15(10)13-6-5-11(14(16)17)8-12(13)9-18-2/h5-6,8,10H,3-4,7,9H2,1-2H3,(H,16,17). The summed E-state index contributed by atoms with van der Waals surface area (Å²) in [4.78, 5) is 13.3. The molecule has 0 radical (unpaired) electrons. The summed E-state index contributed by atoms with van der Waals surface area (Å²) in [5.74, 6) is -0.895. The molecule has 0 bridgehead atoms. The highest BCUT2D eigenvalue weighted by Gasteiger charge is 2.23. The quantitative estimate of drug-likeness (QED) is 0.890. The smallest absolute Gasteiger partial charge is 0.335 e. The van der Waals surface area contributed by atoms with Gasteiger partial charge in [-0.3, -0.25) is 0 Å². The Morgan fingerprint density at radius 3 is 2.89 bits per heavy atom. The summed E-state index contributed by atoms with van der Waals surface area (Å²) in [5, 5.41) is 9.03. The summed E-state index contributed by atoms with van der Waals surface area (Å²) >= 11 is 0. The lowest BCUT2D eigenvalue weighted by molar-refractivity contribution is 0.0696. The number of carboxylic acid groups (broad SMARTS) is 1. The molecule has 1 saturated heterocycles. The minimum atomic E-state index is -0.895. The van der Waals surface area contributed by atoms with Gasteiger partial charge >= 0.3 is 5.97 Å². The Labute approximate surface area is 107 Å². The lowest BCUT2D eigenvalue weighted by Gasteiger charge is -2.26. The number of benzene rings is 1. The molecule has 1 atom stereocenters. The number of hydrogen-bond donors (Lipinski definition) is 1. The van der Waals surface area contributed by atoms with Crippen LogP contribution in [0.4, 0.5) is 5.69 Å². The number of nitrogens with zero attached hydrogens (tertiary/aromatic N) is 1. The fraction of sp³-hybridized carbons (Fsp3) is 0.500. The summed E-state index contributed by atoms with van der Waals surface area (Å²) in [6.45, 7) is 3.68. The number of aromatic carboxylic acids is 1. The van der Waals surface area contributed by atoms with Crippen LogP contribution in [0.5, 0.6) is 0 Å². The molecule has 1 fully saturated rings. The maximum atomic E-state index is 11.0. The Morgan fingerprint density at radius 2 is 2.33 bits per heavy atom. The van der Waals surface area contributed by atoms with Crippen LogP contribution in [0, 0.1) is 0 Å². The van der Waals surface area contributed by atoms with E-state index in [1.165, 1.54) is 12.8 Å². The van der Waals surface area contributed by atoms with Gasteiger partial charge in [-0.05, 0) is 38.0 Å². The fourth-order valence-electron chi connectivity index (χ4n) is 2.56. The Bertz CT molecular complexity index is 445. The van der Waals surface area contributed by atoms with E-state index in [1.54, 1.807) is 19.2 Å². The summed E-state index contributed by atoms with van der Waals surface area (Å²) in [6, 6.07) is 5.80. The number of hydrogen-bond acceptors (Lipinski definition) is 3. The third-order valence-corrected chi connectivity index (χ3v) is 3.49. The first-order valence-corrected chi connectivity index (χ1v) is 6.25. The number of ether oxygens (including phenoxy) is 1. The van der Waals surface area contributed by atoms with E-state index in [9.17, 15) is 4.79 Å². The molecule has 1 aliphatic rings. The van der Waals surface area contributed by atoms with Gasteiger partial charge in [-0.25, -0.2) is 4.79 Å². The second kappa shape index (κ2) is 5.40. The van der Waals surface area contributed by atoms with Crippen LogP contribution in [0.15, 0.2) is 18.2 Å². The Balaban J connectivity index is 2.36. The highest BCUT2D eigenvalue weighted by atomic mass is 16.5. The molecule has 2 rings (SSSR count). The van der Waals surface area contributed by atoms with E-state index in [2.05, 4.69) is 11.8 Å². The van der Waals surface area contributed by atoms with Gasteiger partial charge in [0.2, 0.25) is 0 Å². The first kappa shape index (κ1) is 12.9. The molecule has 0 saturated carbocycles. The van der Waals surface area contributed by atoms with Crippen molar-refractivity contribution in [2.24, 2.45) is 0 Å². The van der Waals surface area contributed by atoms with Gasteiger partial charge in [-0.2, -0.15) is 0 Å². The van der Waals surface area contributed by atoms with E-state index in [0.29, 0.717) is 18.2 Å². The lowest BCUT2D eigenvalue weighted by atomic mass is 10.1. The zero-order chi connectivity index (χ0) is 13.1. The molecule has 18 heavy (non-hydrogen) atoms. The van der Waals surface area contributed by atoms with Gasteiger partial charge in [-0.1, -0.05) is 0 Å². The van der Waals surface area contributed by atoms with Crippen LogP contribution in [0.1, 0.15) is 35.7 Å². The number of rotatable bonds is 4. The average molecular weight is 249 g/mol. The molecule has 4 nitrogen and oxygen atoms in total. The van der Waals surface area contributed by atoms with Crippen molar-refractivity contribution in [3.05, 3.63) is 29.3 Å². The van der Waals surface area contributed by atoms with Crippen molar-refractivity contribution in [1.82, 2.24) is 0 Å². The van der Waals surface area contributed by atoms with Crippen molar-refractivity contribution in [1.29, 1.82) is 0 Å². The van der Waals surface area contributed by atoms with Crippen LogP contribution < -0.4 is 4.90 Å². The molecular weight excluding hydrogens is 230 g/mol. The Kier molecular flexibility index (Phi) is 3.87. The van der Waals surface area contributed by atoms with Crippen molar-refractivity contribution in [3.8, 4) is 0 Å². The van der Waals surface area contributed by atoms with Crippen molar-refractivity contribution >= 4 is 11.7 Å². The zero-order valence-corrected chi connectivity index (χ0v) is 10.8. The number of methoxy groups -OCH3 is 1. The van der Waals surface area contributed by atoms with Crippen LogP contribution in [-0.2, 0) is 11.3 Å². The second-order valence-electron chi connectivity index (χ2n) is 4.77. The minimum Gasteiger partial charge on any atom is -0.478 e. The van der Waals surface area contributed by atoms with Gasteiger partial charge < -0.3 is 14.7 Å². The molecule has 1 N–H and O–H groups in total. The van der Waals surface area contributed by atoms with Gasteiger partial charge in [0.15, 0.2) is 0 Å².